The number of para-hydroxylation sites is 1. The summed E-state index contributed by atoms with van der Waals surface area (Å²) in [5.74, 6) is 0. The number of anilines is 3. The fourth-order valence-corrected chi connectivity index (χ4v) is 10.5. The van der Waals surface area contributed by atoms with Gasteiger partial charge in [0.15, 0.2) is 0 Å². The number of benzene rings is 12. The van der Waals surface area contributed by atoms with Gasteiger partial charge in [-0.1, -0.05) is 212 Å². The van der Waals surface area contributed by atoms with Crippen LogP contribution in [0.3, 0.4) is 0 Å². The number of rotatable bonds is 9. The molecule has 0 spiro atoms. The van der Waals surface area contributed by atoms with Crippen LogP contribution in [0, 0.1) is 0 Å². The molecule has 0 aliphatic heterocycles. The van der Waals surface area contributed by atoms with Crippen molar-refractivity contribution < 1.29 is 0 Å². The Bertz CT molecular complexity index is 4010. The number of fused-ring (bicyclic) bond motifs is 6. The molecule has 70 heavy (non-hydrogen) atoms. The van der Waals surface area contributed by atoms with Crippen molar-refractivity contribution in [3.63, 3.8) is 0 Å². The van der Waals surface area contributed by atoms with E-state index in [2.05, 4.69) is 289 Å². The van der Waals surface area contributed by atoms with Crippen LogP contribution in [-0.2, 0) is 0 Å². The van der Waals surface area contributed by atoms with Gasteiger partial charge in [-0.25, -0.2) is 0 Å². The first-order valence-corrected chi connectivity index (χ1v) is 24.1. The fourth-order valence-electron chi connectivity index (χ4n) is 10.5. The molecule has 1 heterocycles. The summed E-state index contributed by atoms with van der Waals surface area (Å²) in [5.41, 5.74) is 18.6. The zero-order valence-corrected chi connectivity index (χ0v) is 38.5. The fraction of sp³-hybridized carbons (Fsp3) is 0. The molecule has 0 bridgehead atoms. The van der Waals surface area contributed by atoms with E-state index in [0.717, 1.165) is 28.3 Å². The molecule has 0 aliphatic carbocycles. The van der Waals surface area contributed by atoms with E-state index < -0.39 is 0 Å². The molecule has 0 unspecified atom stereocenters. The molecule has 13 rings (SSSR count). The normalized spacial score (nSPS) is 11.4. The Hall–Kier alpha value is -9.24. The van der Waals surface area contributed by atoms with Gasteiger partial charge in [-0.15, -0.1) is 0 Å². The van der Waals surface area contributed by atoms with Crippen molar-refractivity contribution in [1.29, 1.82) is 0 Å². The van der Waals surface area contributed by atoms with E-state index in [0.29, 0.717) is 0 Å². The zero-order chi connectivity index (χ0) is 46.4. The largest absolute Gasteiger partial charge is 0.310 e. The van der Waals surface area contributed by atoms with Crippen LogP contribution in [0.25, 0.3) is 105 Å². The van der Waals surface area contributed by atoms with Gasteiger partial charge in [0.25, 0.3) is 0 Å². The monoisotopic (exact) mass is 890 g/mol. The summed E-state index contributed by atoms with van der Waals surface area (Å²) in [7, 11) is 0. The first-order chi connectivity index (χ1) is 34.7. The van der Waals surface area contributed by atoms with Gasteiger partial charge >= 0.3 is 0 Å². The quantitative estimate of drug-likeness (QED) is 0.131. The van der Waals surface area contributed by atoms with Crippen molar-refractivity contribution in [1.82, 2.24) is 4.57 Å². The molecule has 0 atom stereocenters. The van der Waals surface area contributed by atoms with Crippen LogP contribution in [0.4, 0.5) is 17.1 Å². The zero-order valence-electron chi connectivity index (χ0n) is 38.5. The molecule has 0 saturated carbocycles. The highest BCUT2D eigenvalue weighted by molar-refractivity contribution is 6.18. The van der Waals surface area contributed by atoms with Crippen molar-refractivity contribution in [3.8, 4) is 61.3 Å². The van der Waals surface area contributed by atoms with Gasteiger partial charge < -0.3 is 9.47 Å². The van der Waals surface area contributed by atoms with E-state index in [1.807, 2.05) is 0 Å². The smallest absolute Gasteiger partial charge is 0.0553 e. The summed E-state index contributed by atoms with van der Waals surface area (Å²) in [6.45, 7) is 0. The predicted molar refractivity (Wildman–Crippen MR) is 298 cm³/mol. The van der Waals surface area contributed by atoms with Crippen LogP contribution < -0.4 is 4.90 Å². The van der Waals surface area contributed by atoms with Crippen molar-refractivity contribution in [2.45, 2.75) is 0 Å². The van der Waals surface area contributed by atoms with E-state index in [1.54, 1.807) is 0 Å². The molecule has 0 aliphatic rings. The lowest BCUT2D eigenvalue weighted by molar-refractivity contribution is 1.18. The number of hydrogen-bond donors (Lipinski definition) is 0. The Morgan fingerprint density at radius 2 is 0.714 bits per heavy atom. The van der Waals surface area contributed by atoms with Crippen LogP contribution in [0.2, 0.25) is 0 Å². The second-order valence-corrected chi connectivity index (χ2v) is 18.1. The number of aromatic nitrogens is 1. The third kappa shape index (κ3) is 7.40. The first-order valence-electron chi connectivity index (χ1n) is 24.1. The van der Waals surface area contributed by atoms with Crippen LogP contribution >= 0.6 is 0 Å². The van der Waals surface area contributed by atoms with Crippen LogP contribution in [0.5, 0.6) is 0 Å². The topological polar surface area (TPSA) is 8.17 Å². The molecule has 328 valence electrons. The molecule has 12 aromatic carbocycles. The standard InChI is InChI=1S/C68H46N2/c1-5-16-47(17-6-1)50-28-30-51(31-29-50)52-34-37-59(38-35-52)69(61-39-41-63-56(43-61)33-32-53-22-13-14-27-62(53)63)60-26-15-23-55(42-60)65-44-57(49-20-9-3-10-21-49)46-67-68(65)64-40-36-54(48-18-7-2-8-19-48)45-66(64)70(67)58-24-11-4-12-25-58/h1-46H. The molecule has 1 aromatic heterocycles. The maximum atomic E-state index is 2.46. The Kier molecular flexibility index (Phi) is 10.2. The second kappa shape index (κ2) is 17.4. The minimum absolute atomic E-state index is 1.08. The first kappa shape index (κ1) is 41.0. The molecule has 0 fully saturated rings. The molecule has 0 N–H and O–H groups in total. The second-order valence-electron chi connectivity index (χ2n) is 18.1. The van der Waals surface area contributed by atoms with Crippen LogP contribution in [0.15, 0.2) is 279 Å². The lowest BCUT2D eigenvalue weighted by atomic mass is 9.93. The summed E-state index contributed by atoms with van der Waals surface area (Å²) >= 11 is 0. The third-order valence-electron chi connectivity index (χ3n) is 13.9. The van der Waals surface area contributed by atoms with E-state index in [4.69, 9.17) is 0 Å². The summed E-state index contributed by atoms with van der Waals surface area (Å²) in [6, 6.07) is 102. The maximum absolute atomic E-state index is 2.46. The van der Waals surface area contributed by atoms with Gasteiger partial charge in [0.2, 0.25) is 0 Å². The molecule has 13 aromatic rings. The SMILES string of the molecule is c1ccc(-c2ccc(-c3ccc(N(c4cccc(-c5cc(-c6ccccc6)cc6c5c5ccc(-c7ccccc7)cc5n6-c5ccccc5)c4)c4ccc5c(ccc6ccccc65)c4)cc3)cc2)cc1. The summed E-state index contributed by atoms with van der Waals surface area (Å²) in [4.78, 5) is 2.41. The van der Waals surface area contributed by atoms with Crippen LogP contribution in [0.1, 0.15) is 0 Å². The molecule has 0 saturated heterocycles. The lowest BCUT2D eigenvalue weighted by Gasteiger charge is -2.27. The van der Waals surface area contributed by atoms with Crippen molar-refractivity contribution in [3.05, 3.63) is 279 Å². The molecule has 0 radical (unpaired) electrons. The average molecular weight is 891 g/mol. The summed E-state index contributed by atoms with van der Waals surface area (Å²) in [6.07, 6.45) is 0. The lowest BCUT2D eigenvalue weighted by Crippen LogP contribution is -2.10. The van der Waals surface area contributed by atoms with E-state index in [1.165, 1.54) is 93.4 Å². The molecule has 0 amide bonds. The third-order valence-corrected chi connectivity index (χ3v) is 13.9. The van der Waals surface area contributed by atoms with Crippen molar-refractivity contribution >= 4 is 60.4 Å². The Morgan fingerprint density at radius 3 is 1.40 bits per heavy atom. The van der Waals surface area contributed by atoms with E-state index in [9.17, 15) is 0 Å². The highest BCUT2D eigenvalue weighted by Crippen LogP contribution is 2.45. The molecule has 2 nitrogen and oxygen atoms in total. The highest BCUT2D eigenvalue weighted by atomic mass is 15.1. The van der Waals surface area contributed by atoms with E-state index in [-0.39, 0.29) is 0 Å². The Morgan fingerprint density at radius 1 is 0.243 bits per heavy atom. The van der Waals surface area contributed by atoms with Gasteiger partial charge in [0.1, 0.15) is 0 Å². The van der Waals surface area contributed by atoms with Crippen molar-refractivity contribution in [2.75, 3.05) is 4.90 Å². The van der Waals surface area contributed by atoms with Gasteiger partial charge in [-0.2, -0.15) is 0 Å². The minimum Gasteiger partial charge on any atom is -0.310 e. The summed E-state index contributed by atoms with van der Waals surface area (Å²) in [5, 5.41) is 7.39. The summed E-state index contributed by atoms with van der Waals surface area (Å²) < 4.78 is 2.46. The van der Waals surface area contributed by atoms with Gasteiger partial charge in [-0.05, 0) is 144 Å². The Labute approximate surface area is 408 Å². The number of nitrogens with zero attached hydrogens (tertiary/aromatic N) is 2. The predicted octanol–water partition coefficient (Wildman–Crippen LogP) is 18.9. The van der Waals surface area contributed by atoms with E-state index >= 15 is 0 Å². The number of hydrogen-bond acceptors (Lipinski definition) is 1. The van der Waals surface area contributed by atoms with Gasteiger partial charge in [0.05, 0.1) is 11.0 Å². The van der Waals surface area contributed by atoms with Gasteiger partial charge in [0, 0.05) is 33.5 Å². The highest BCUT2D eigenvalue weighted by Gasteiger charge is 2.21. The molecular weight excluding hydrogens is 845 g/mol. The Balaban J connectivity index is 1.00. The molecular formula is C68H46N2. The molecule has 2 heteroatoms. The van der Waals surface area contributed by atoms with Crippen LogP contribution in [-0.4, -0.2) is 4.57 Å². The average Bonchev–Trinajstić information content (AvgIpc) is 3.77. The van der Waals surface area contributed by atoms with Gasteiger partial charge in [-0.3, -0.25) is 0 Å². The van der Waals surface area contributed by atoms with Crippen molar-refractivity contribution in [2.24, 2.45) is 0 Å². The minimum atomic E-state index is 1.08. The maximum Gasteiger partial charge on any atom is 0.0553 e.